The lowest BCUT2D eigenvalue weighted by atomic mass is 10.1. The van der Waals surface area contributed by atoms with Gasteiger partial charge in [0.15, 0.2) is 0 Å². The molecule has 3 rings (SSSR count). The maximum atomic E-state index is 13.3. The molecule has 138 valence electrons. The molecule has 3 aromatic rings. The topological polar surface area (TPSA) is 97.2 Å². The van der Waals surface area contributed by atoms with Crippen LogP contribution in [0.2, 0.25) is 0 Å². The van der Waals surface area contributed by atoms with Crippen molar-refractivity contribution in [3.8, 4) is 11.3 Å². The number of nitro groups is 1. The number of halogens is 1. The molecule has 0 aliphatic carbocycles. The summed E-state index contributed by atoms with van der Waals surface area (Å²) in [7, 11) is 0. The Bertz CT molecular complexity index is 1010. The highest BCUT2D eigenvalue weighted by atomic mass is 32.1. The van der Waals surface area contributed by atoms with Crippen LogP contribution in [0.5, 0.6) is 0 Å². The number of benzene rings is 2. The Morgan fingerprint density at radius 1 is 1.26 bits per heavy atom. The summed E-state index contributed by atoms with van der Waals surface area (Å²) in [5, 5.41) is 19.1. The molecular weight excluding hydrogens is 371 g/mol. The van der Waals surface area contributed by atoms with Crippen LogP contribution in [0.1, 0.15) is 5.01 Å². The number of anilines is 2. The van der Waals surface area contributed by atoms with E-state index in [4.69, 9.17) is 0 Å². The average molecular weight is 386 g/mol. The van der Waals surface area contributed by atoms with Crippen LogP contribution in [0, 0.1) is 22.9 Å². The van der Waals surface area contributed by atoms with Gasteiger partial charge < -0.3 is 10.6 Å². The van der Waals surface area contributed by atoms with Crippen LogP contribution in [0.25, 0.3) is 11.3 Å². The largest absolute Gasteiger partial charge is 0.376 e. The lowest BCUT2D eigenvalue weighted by molar-refractivity contribution is -0.387. The third-order valence-corrected chi connectivity index (χ3v) is 4.43. The Morgan fingerprint density at radius 2 is 2.07 bits per heavy atom. The number of carbonyl (C=O) groups excluding carboxylic acids is 1. The number of amides is 1. The van der Waals surface area contributed by atoms with Crippen molar-refractivity contribution in [2.45, 2.75) is 6.92 Å². The van der Waals surface area contributed by atoms with Gasteiger partial charge in [-0.3, -0.25) is 14.9 Å². The van der Waals surface area contributed by atoms with Crippen LogP contribution in [0.3, 0.4) is 0 Å². The van der Waals surface area contributed by atoms with Crippen molar-refractivity contribution in [2.75, 3.05) is 17.2 Å². The molecule has 1 aromatic heterocycles. The van der Waals surface area contributed by atoms with E-state index < -0.39 is 16.4 Å². The van der Waals surface area contributed by atoms with E-state index in [2.05, 4.69) is 15.6 Å². The van der Waals surface area contributed by atoms with Crippen LogP contribution in [0.4, 0.5) is 21.5 Å². The second-order valence-corrected chi connectivity index (χ2v) is 6.72. The molecule has 0 aliphatic heterocycles. The van der Waals surface area contributed by atoms with Gasteiger partial charge in [-0.1, -0.05) is 12.1 Å². The predicted molar refractivity (Wildman–Crippen MR) is 102 cm³/mol. The van der Waals surface area contributed by atoms with E-state index in [1.54, 1.807) is 17.4 Å². The molecule has 0 aliphatic rings. The first-order valence-electron chi connectivity index (χ1n) is 7.92. The second-order valence-electron chi connectivity index (χ2n) is 5.66. The van der Waals surface area contributed by atoms with Crippen LogP contribution >= 0.6 is 11.3 Å². The van der Waals surface area contributed by atoms with Crippen molar-refractivity contribution in [3.63, 3.8) is 0 Å². The fourth-order valence-corrected chi connectivity index (χ4v) is 3.02. The summed E-state index contributed by atoms with van der Waals surface area (Å²) in [5.74, 6) is -1.27. The molecule has 0 spiro atoms. The molecule has 1 amide bonds. The SMILES string of the molecule is Cc1nc(-c2cccc(NC(=O)CNc3ccc(F)c([N+](=O)[O-])c3)c2)cs1. The molecule has 0 atom stereocenters. The zero-order valence-electron chi connectivity index (χ0n) is 14.2. The van der Waals surface area contributed by atoms with E-state index in [9.17, 15) is 19.3 Å². The zero-order chi connectivity index (χ0) is 19.4. The predicted octanol–water partition coefficient (Wildman–Crippen LogP) is 4.22. The zero-order valence-corrected chi connectivity index (χ0v) is 15.0. The number of nitrogens with one attached hydrogen (secondary N) is 2. The second kappa shape index (κ2) is 7.92. The average Bonchev–Trinajstić information content (AvgIpc) is 3.07. The molecule has 0 saturated heterocycles. The van der Waals surface area contributed by atoms with Crippen molar-refractivity contribution < 1.29 is 14.1 Å². The number of aromatic nitrogens is 1. The van der Waals surface area contributed by atoms with Crippen LogP contribution in [-0.4, -0.2) is 22.4 Å². The summed E-state index contributed by atoms with van der Waals surface area (Å²) in [6.45, 7) is 1.80. The maximum Gasteiger partial charge on any atom is 0.306 e. The van der Waals surface area contributed by atoms with Gasteiger partial charge in [0.05, 0.1) is 22.2 Å². The van der Waals surface area contributed by atoms with Crippen molar-refractivity contribution in [2.24, 2.45) is 0 Å². The van der Waals surface area contributed by atoms with E-state index in [-0.39, 0.29) is 18.1 Å². The van der Waals surface area contributed by atoms with Crippen molar-refractivity contribution in [1.82, 2.24) is 4.98 Å². The van der Waals surface area contributed by atoms with E-state index >= 15 is 0 Å². The molecular formula is C18H15FN4O3S. The van der Waals surface area contributed by atoms with Gasteiger partial charge in [-0.2, -0.15) is 4.39 Å². The maximum absolute atomic E-state index is 13.3. The summed E-state index contributed by atoms with van der Waals surface area (Å²) in [5.41, 5.74) is 1.97. The van der Waals surface area contributed by atoms with E-state index in [1.165, 1.54) is 6.07 Å². The van der Waals surface area contributed by atoms with Crippen LogP contribution < -0.4 is 10.6 Å². The molecule has 0 unspecified atom stereocenters. The third kappa shape index (κ3) is 4.64. The molecule has 7 nitrogen and oxygen atoms in total. The van der Waals surface area contributed by atoms with Gasteiger partial charge in [-0.05, 0) is 31.2 Å². The number of rotatable bonds is 6. The lowest BCUT2D eigenvalue weighted by Crippen LogP contribution is -2.21. The van der Waals surface area contributed by atoms with Gasteiger partial charge in [0.25, 0.3) is 0 Å². The molecule has 0 saturated carbocycles. The minimum absolute atomic E-state index is 0.122. The Labute approximate surface area is 158 Å². The van der Waals surface area contributed by atoms with Gasteiger partial charge in [0, 0.05) is 28.4 Å². The Kier molecular flexibility index (Phi) is 5.41. The minimum atomic E-state index is -0.927. The van der Waals surface area contributed by atoms with Gasteiger partial charge in [-0.15, -0.1) is 11.3 Å². The van der Waals surface area contributed by atoms with Gasteiger partial charge in [0.1, 0.15) is 0 Å². The molecule has 0 radical (unpaired) electrons. The van der Waals surface area contributed by atoms with Crippen molar-refractivity contribution >= 4 is 34.3 Å². The highest BCUT2D eigenvalue weighted by Crippen LogP contribution is 2.24. The highest BCUT2D eigenvalue weighted by molar-refractivity contribution is 7.09. The van der Waals surface area contributed by atoms with Crippen molar-refractivity contribution in [3.05, 3.63) is 68.8 Å². The Morgan fingerprint density at radius 3 is 2.78 bits per heavy atom. The smallest absolute Gasteiger partial charge is 0.306 e. The van der Waals surface area contributed by atoms with Gasteiger partial charge >= 0.3 is 5.69 Å². The summed E-state index contributed by atoms with van der Waals surface area (Å²) in [6, 6.07) is 10.7. The van der Waals surface area contributed by atoms with E-state index in [1.807, 2.05) is 30.5 Å². The van der Waals surface area contributed by atoms with Crippen LogP contribution in [-0.2, 0) is 4.79 Å². The highest BCUT2D eigenvalue weighted by Gasteiger charge is 2.14. The number of carbonyl (C=O) groups is 1. The molecule has 0 bridgehead atoms. The number of aryl methyl sites for hydroxylation is 1. The summed E-state index contributed by atoms with van der Waals surface area (Å²) in [6.07, 6.45) is 0. The number of nitro benzene ring substituents is 1. The van der Waals surface area contributed by atoms with Gasteiger partial charge in [-0.25, -0.2) is 4.98 Å². The molecule has 27 heavy (non-hydrogen) atoms. The number of nitrogens with zero attached hydrogens (tertiary/aromatic N) is 2. The fraction of sp³-hybridized carbons (Fsp3) is 0.111. The standard InChI is InChI=1S/C18H15FN4O3S/c1-11-21-16(10-27-11)12-3-2-4-14(7-12)22-18(24)9-20-13-5-6-15(19)17(8-13)23(25)26/h2-8,10,20H,9H2,1H3,(H,22,24). The summed E-state index contributed by atoms with van der Waals surface area (Å²) >= 11 is 1.55. The first kappa shape index (κ1) is 18.5. The Hall–Kier alpha value is -3.33. The summed E-state index contributed by atoms with van der Waals surface area (Å²) < 4.78 is 13.3. The molecule has 2 N–H and O–H groups in total. The number of hydrogen-bond acceptors (Lipinski definition) is 6. The minimum Gasteiger partial charge on any atom is -0.376 e. The molecule has 2 aromatic carbocycles. The summed E-state index contributed by atoms with van der Waals surface area (Å²) in [4.78, 5) is 26.5. The van der Waals surface area contributed by atoms with Crippen LogP contribution in [0.15, 0.2) is 47.8 Å². The molecule has 9 heteroatoms. The molecule has 1 heterocycles. The third-order valence-electron chi connectivity index (χ3n) is 3.66. The monoisotopic (exact) mass is 386 g/mol. The normalized spacial score (nSPS) is 10.4. The van der Waals surface area contributed by atoms with Gasteiger partial charge in [0.2, 0.25) is 11.7 Å². The quantitative estimate of drug-likeness (QED) is 0.488. The lowest BCUT2D eigenvalue weighted by Gasteiger charge is -2.09. The fourth-order valence-electron chi connectivity index (χ4n) is 2.40. The number of thiazole rings is 1. The molecule has 0 fully saturated rings. The van der Waals surface area contributed by atoms with E-state index in [0.717, 1.165) is 28.4 Å². The number of hydrogen-bond donors (Lipinski definition) is 2. The van der Waals surface area contributed by atoms with E-state index in [0.29, 0.717) is 5.69 Å². The Balaban J connectivity index is 1.63. The first-order valence-corrected chi connectivity index (χ1v) is 8.80. The van der Waals surface area contributed by atoms with Crippen molar-refractivity contribution in [1.29, 1.82) is 0 Å². The first-order chi connectivity index (χ1) is 12.9.